The van der Waals surface area contributed by atoms with Crippen molar-refractivity contribution in [2.45, 2.75) is 17.8 Å². The molecule has 0 aliphatic carbocycles. The van der Waals surface area contributed by atoms with Crippen molar-refractivity contribution in [2.75, 3.05) is 0 Å². The van der Waals surface area contributed by atoms with Gasteiger partial charge in [0.05, 0.1) is 16.4 Å². The second kappa shape index (κ2) is 5.45. The van der Waals surface area contributed by atoms with Crippen LogP contribution >= 0.6 is 62.3 Å². The van der Waals surface area contributed by atoms with Crippen molar-refractivity contribution in [2.24, 2.45) is 0 Å². The van der Waals surface area contributed by atoms with Crippen molar-refractivity contribution in [1.82, 2.24) is 9.78 Å². The van der Waals surface area contributed by atoms with E-state index in [4.69, 9.17) is 46.4 Å². The molecular weight excluding hydrogens is 394 g/mol. The fourth-order valence-electron chi connectivity index (χ4n) is 1.74. The zero-order chi connectivity index (χ0) is 14.4. The summed E-state index contributed by atoms with van der Waals surface area (Å²) in [5, 5.41) is 5.90. The average Bonchev–Trinajstić information content (AvgIpc) is 2.57. The number of aromatic nitrogens is 2. The maximum absolute atomic E-state index is 6.57. The summed E-state index contributed by atoms with van der Waals surface area (Å²) in [6.45, 7) is 3.65. The second-order valence-corrected chi connectivity index (χ2v) is 7.43. The summed E-state index contributed by atoms with van der Waals surface area (Å²) >= 11 is 28.2. The van der Waals surface area contributed by atoms with Crippen LogP contribution in [0.15, 0.2) is 18.2 Å². The van der Waals surface area contributed by atoms with Gasteiger partial charge in [0.25, 0.3) is 0 Å². The Hall–Kier alpha value is 0.0700. The van der Waals surface area contributed by atoms with E-state index in [1.165, 1.54) is 0 Å². The van der Waals surface area contributed by atoms with Gasteiger partial charge in [-0.2, -0.15) is 5.10 Å². The largest absolute Gasteiger partial charge is 0.232 e. The molecule has 0 aliphatic rings. The maximum Gasteiger partial charge on any atom is 0.217 e. The normalized spacial score (nSPS) is 14.5. The molecule has 0 N–H and O–H groups in total. The monoisotopic (exact) mass is 400 g/mol. The Morgan fingerprint density at radius 3 is 2.32 bits per heavy atom. The van der Waals surface area contributed by atoms with Crippen LogP contribution in [0.2, 0.25) is 15.1 Å². The number of nitrogens with zero attached hydrogens (tertiary/aromatic N) is 2. The predicted octanol–water partition coefficient (Wildman–Crippen LogP) is 5.75. The van der Waals surface area contributed by atoms with E-state index in [0.717, 1.165) is 5.69 Å². The molecule has 0 saturated carbocycles. The molecule has 2 rings (SSSR count). The van der Waals surface area contributed by atoms with Gasteiger partial charge in [0.2, 0.25) is 3.91 Å². The molecule has 19 heavy (non-hydrogen) atoms. The number of benzene rings is 1. The van der Waals surface area contributed by atoms with Crippen molar-refractivity contribution in [3.05, 3.63) is 50.2 Å². The zero-order valence-electron chi connectivity index (χ0n) is 10.0. The van der Waals surface area contributed by atoms with Crippen molar-refractivity contribution in [3.63, 3.8) is 0 Å². The third-order valence-corrected chi connectivity index (χ3v) is 4.95. The van der Waals surface area contributed by atoms with Crippen LogP contribution in [-0.2, 0) is 3.91 Å². The van der Waals surface area contributed by atoms with Gasteiger partial charge in [-0.05, 0) is 41.9 Å². The smallest absolute Gasteiger partial charge is 0.217 e. The number of aryl methyl sites for hydroxylation is 1. The number of hydrogen-bond acceptors (Lipinski definition) is 1. The fraction of sp³-hybridized carbons (Fsp3) is 0.250. The molecule has 0 aliphatic heterocycles. The van der Waals surface area contributed by atoms with Crippen molar-refractivity contribution < 1.29 is 0 Å². The first-order valence-electron chi connectivity index (χ1n) is 5.30. The maximum atomic E-state index is 6.57. The minimum Gasteiger partial charge on any atom is -0.232 e. The number of alkyl halides is 2. The molecule has 0 radical (unpaired) electrons. The van der Waals surface area contributed by atoms with Crippen molar-refractivity contribution in [3.8, 4) is 0 Å². The molecule has 2 aromatic rings. The number of hydrogen-bond donors (Lipinski definition) is 0. The molecule has 0 saturated heterocycles. The standard InChI is InChI=1S/C12H9BrCl4N2/c1-6-11(16)7(2)19(18-6)12(13,17)9-4-3-8(14)5-10(9)15/h3-5H,1-2H3. The molecule has 0 fully saturated rings. The van der Waals surface area contributed by atoms with E-state index < -0.39 is 3.91 Å². The first kappa shape index (κ1) is 15.5. The lowest BCUT2D eigenvalue weighted by Gasteiger charge is -2.24. The Balaban J connectivity index is 2.61. The summed E-state index contributed by atoms with van der Waals surface area (Å²) in [5.74, 6) is 0. The second-order valence-electron chi connectivity index (χ2n) is 4.06. The van der Waals surface area contributed by atoms with Crippen LogP contribution in [0.3, 0.4) is 0 Å². The van der Waals surface area contributed by atoms with Crippen LogP contribution < -0.4 is 0 Å². The highest BCUT2D eigenvalue weighted by Crippen LogP contribution is 2.43. The van der Waals surface area contributed by atoms with Gasteiger partial charge in [0.15, 0.2) is 0 Å². The number of halogens is 5. The minimum absolute atomic E-state index is 0.447. The van der Waals surface area contributed by atoms with Crippen molar-refractivity contribution in [1.29, 1.82) is 0 Å². The lowest BCUT2D eigenvalue weighted by Crippen LogP contribution is -2.24. The van der Waals surface area contributed by atoms with Gasteiger partial charge in [0.1, 0.15) is 0 Å². The summed E-state index contributed by atoms with van der Waals surface area (Å²) in [6.07, 6.45) is 0. The summed E-state index contributed by atoms with van der Waals surface area (Å²) in [7, 11) is 0. The minimum atomic E-state index is -1.11. The van der Waals surface area contributed by atoms with Crippen molar-refractivity contribution >= 4 is 62.3 Å². The summed E-state index contributed by atoms with van der Waals surface area (Å²) in [4.78, 5) is 0. The first-order valence-corrected chi connectivity index (χ1v) is 7.61. The van der Waals surface area contributed by atoms with E-state index in [1.807, 2.05) is 13.8 Å². The van der Waals surface area contributed by atoms with Crippen LogP contribution in [0.4, 0.5) is 0 Å². The lowest BCUT2D eigenvalue weighted by atomic mass is 10.2. The molecule has 7 heteroatoms. The van der Waals surface area contributed by atoms with Gasteiger partial charge in [-0.15, -0.1) is 0 Å². The van der Waals surface area contributed by atoms with Gasteiger partial charge in [-0.3, -0.25) is 0 Å². The average molecular weight is 403 g/mol. The molecule has 1 aromatic heterocycles. The third-order valence-electron chi connectivity index (χ3n) is 2.72. The molecular formula is C12H9BrCl4N2. The van der Waals surface area contributed by atoms with Gasteiger partial charge < -0.3 is 0 Å². The Kier molecular flexibility index (Phi) is 4.44. The summed E-state index contributed by atoms with van der Waals surface area (Å²) < 4.78 is 0.470. The van der Waals surface area contributed by atoms with E-state index in [1.54, 1.807) is 22.9 Å². The van der Waals surface area contributed by atoms with Gasteiger partial charge in [0, 0.05) is 15.6 Å². The highest BCUT2D eigenvalue weighted by Gasteiger charge is 2.34. The Morgan fingerprint density at radius 2 is 1.84 bits per heavy atom. The molecule has 0 spiro atoms. The van der Waals surface area contributed by atoms with Crippen LogP contribution in [0, 0.1) is 13.8 Å². The Morgan fingerprint density at radius 1 is 1.21 bits per heavy atom. The SMILES string of the molecule is Cc1nn(C(Cl)(Br)c2ccc(Cl)cc2Cl)c(C)c1Cl. The predicted molar refractivity (Wildman–Crippen MR) is 85.0 cm³/mol. The van der Waals surface area contributed by atoms with Crippen LogP contribution in [0.5, 0.6) is 0 Å². The van der Waals surface area contributed by atoms with Crippen LogP contribution in [0.1, 0.15) is 17.0 Å². The third kappa shape index (κ3) is 2.77. The quantitative estimate of drug-likeness (QED) is 0.584. The van der Waals surface area contributed by atoms with Gasteiger partial charge in [-0.25, -0.2) is 4.68 Å². The fourth-order valence-corrected chi connectivity index (χ4v) is 3.59. The lowest BCUT2D eigenvalue weighted by molar-refractivity contribution is 0.604. The molecule has 1 unspecified atom stereocenters. The zero-order valence-corrected chi connectivity index (χ0v) is 14.6. The van der Waals surface area contributed by atoms with E-state index in [0.29, 0.717) is 26.3 Å². The van der Waals surface area contributed by atoms with Crippen LogP contribution in [-0.4, -0.2) is 9.78 Å². The molecule has 1 aromatic carbocycles. The number of rotatable bonds is 2. The molecule has 1 atom stereocenters. The summed E-state index contributed by atoms with van der Waals surface area (Å²) in [6, 6.07) is 5.09. The van der Waals surface area contributed by atoms with E-state index in [9.17, 15) is 0 Å². The molecule has 0 amide bonds. The van der Waals surface area contributed by atoms with E-state index in [-0.39, 0.29) is 0 Å². The van der Waals surface area contributed by atoms with E-state index in [2.05, 4.69) is 21.0 Å². The van der Waals surface area contributed by atoms with E-state index >= 15 is 0 Å². The first-order chi connectivity index (χ1) is 8.75. The highest BCUT2D eigenvalue weighted by atomic mass is 79.9. The highest BCUT2D eigenvalue weighted by molar-refractivity contribution is 9.10. The van der Waals surface area contributed by atoms with Gasteiger partial charge in [-0.1, -0.05) is 52.5 Å². The Labute approximate surface area is 139 Å². The summed E-state index contributed by atoms with van der Waals surface area (Å²) in [5.41, 5.74) is 2.09. The molecule has 0 bridgehead atoms. The van der Waals surface area contributed by atoms with Crippen LogP contribution in [0.25, 0.3) is 0 Å². The molecule has 2 nitrogen and oxygen atoms in total. The molecule has 1 heterocycles. The van der Waals surface area contributed by atoms with Gasteiger partial charge >= 0.3 is 0 Å². The topological polar surface area (TPSA) is 17.8 Å². The Bertz CT molecular complexity index is 637. The molecule has 102 valence electrons.